The van der Waals surface area contributed by atoms with Crippen molar-refractivity contribution in [2.45, 2.75) is 116 Å². The Bertz CT molecular complexity index is 665. The van der Waals surface area contributed by atoms with Gasteiger partial charge >= 0.3 is 5.97 Å². The molecule has 0 aromatic heterocycles. The SMILES string of the molecule is C[C@H]1CC=C[C@H]2OC(C)(C)O[C@H]2CCC(O[Si](C)(C)C(C)(C)C)CC#CC(=O)O1. The van der Waals surface area contributed by atoms with Gasteiger partial charge in [0.25, 0.3) is 0 Å². The third-order valence-electron chi connectivity index (χ3n) is 5.88. The Hall–Kier alpha value is -1.13. The van der Waals surface area contributed by atoms with Crippen LogP contribution in [-0.2, 0) is 23.4 Å². The fraction of sp³-hybridized carbons (Fsp3) is 0.783. The highest BCUT2D eigenvalue weighted by Crippen LogP contribution is 2.39. The molecule has 164 valence electrons. The van der Waals surface area contributed by atoms with E-state index in [1.54, 1.807) is 0 Å². The van der Waals surface area contributed by atoms with Crippen LogP contribution in [0.5, 0.6) is 0 Å². The molecule has 0 bridgehead atoms. The van der Waals surface area contributed by atoms with E-state index < -0.39 is 20.1 Å². The molecule has 0 N–H and O–H groups in total. The van der Waals surface area contributed by atoms with Gasteiger partial charge in [-0.1, -0.05) is 38.8 Å². The van der Waals surface area contributed by atoms with Crippen LogP contribution < -0.4 is 0 Å². The van der Waals surface area contributed by atoms with Gasteiger partial charge in [0.2, 0.25) is 0 Å². The molecule has 2 heterocycles. The van der Waals surface area contributed by atoms with Crippen molar-refractivity contribution < 1.29 is 23.4 Å². The van der Waals surface area contributed by atoms with Crippen molar-refractivity contribution in [3.05, 3.63) is 12.2 Å². The number of hydrogen-bond donors (Lipinski definition) is 0. The number of fused-ring (bicyclic) bond motifs is 1. The molecule has 4 atom stereocenters. The van der Waals surface area contributed by atoms with Crippen LogP contribution >= 0.6 is 0 Å². The maximum absolute atomic E-state index is 12.0. The molecular formula is C23H38O5Si. The highest BCUT2D eigenvalue weighted by atomic mass is 28.4. The summed E-state index contributed by atoms with van der Waals surface area (Å²) < 4.78 is 24.2. The summed E-state index contributed by atoms with van der Waals surface area (Å²) in [6.07, 6.45) is 6.37. The van der Waals surface area contributed by atoms with Crippen molar-refractivity contribution in [2.75, 3.05) is 0 Å². The van der Waals surface area contributed by atoms with Gasteiger partial charge in [-0.2, -0.15) is 0 Å². The second-order valence-electron chi connectivity index (χ2n) is 10.1. The largest absolute Gasteiger partial charge is 0.453 e. The lowest BCUT2D eigenvalue weighted by Gasteiger charge is -2.39. The third kappa shape index (κ3) is 7.25. The predicted molar refractivity (Wildman–Crippen MR) is 117 cm³/mol. The van der Waals surface area contributed by atoms with Crippen molar-refractivity contribution in [3.8, 4) is 11.8 Å². The average Bonchev–Trinajstić information content (AvgIpc) is 2.84. The van der Waals surface area contributed by atoms with E-state index in [0.29, 0.717) is 12.8 Å². The minimum atomic E-state index is -1.96. The number of carbonyl (C=O) groups excluding carboxylic acids is 1. The molecule has 29 heavy (non-hydrogen) atoms. The fourth-order valence-corrected chi connectivity index (χ4v) is 4.69. The van der Waals surface area contributed by atoms with Crippen molar-refractivity contribution >= 4 is 14.3 Å². The standard InChI is InChI=1S/C23H38O5Si/c1-17-11-9-13-19-20(27-23(5,6)26-19)16-15-18(12-10-14-21(24)25-17)28-29(7,8)22(2,3)4/h9,13,17-20H,11-12,15-16H2,1-8H3/t17-,18?,19+,20-/m0/s1. The normalized spacial score (nSPS) is 31.2. The zero-order valence-electron chi connectivity index (χ0n) is 19.3. The van der Waals surface area contributed by atoms with Crippen LogP contribution in [0.1, 0.15) is 67.2 Å². The van der Waals surface area contributed by atoms with E-state index in [2.05, 4.69) is 45.7 Å². The van der Waals surface area contributed by atoms with Crippen LogP contribution in [0, 0.1) is 11.8 Å². The first kappa shape index (κ1) is 24.1. The fourth-order valence-electron chi connectivity index (χ4n) is 3.30. The molecule has 0 spiro atoms. The third-order valence-corrected chi connectivity index (χ3v) is 10.4. The van der Waals surface area contributed by atoms with Crippen LogP contribution in [0.3, 0.4) is 0 Å². The van der Waals surface area contributed by atoms with Crippen molar-refractivity contribution in [2.24, 2.45) is 0 Å². The molecule has 0 radical (unpaired) electrons. The summed E-state index contributed by atoms with van der Waals surface area (Å²) in [6, 6.07) is 0. The smallest absolute Gasteiger partial charge is 0.384 e. The molecule has 0 aromatic rings. The molecule has 0 aromatic carbocycles. The monoisotopic (exact) mass is 422 g/mol. The highest BCUT2D eigenvalue weighted by molar-refractivity contribution is 6.74. The van der Waals surface area contributed by atoms with Crippen LogP contribution in [0.15, 0.2) is 12.2 Å². The Morgan fingerprint density at radius 2 is 1.90 bits per heavy atom. The van der Waals surface area contributed by atoms with E-state index in [-0.39, 0.29) is 29.5 Å². The van der Waals surface area contributed by atoms with Gasteiger partial charge in [-0.15, -0.1) is 0 Å². The summed E-state index contributed by atoms with van der Waals surface area (Å²) in [5, 5.41) is 0.105. The Morgan fingerprint density at radius 1 is 1.21 bits per heavy atom. The van der Waals surface area contributed by atoms with E-state index in [9.17, 15) is 4.79 Å². The van der Waals surface area contributed by atoms with Gasteiger partial charge in [0.1, 0.15) is 12.2 Å². The summed E-state index contributed by atoms with van der Waals surface area (Å²) in [7, 11) is -1.96. The summed E-state index contributed by atoms with van der Waals surface area (Å²) in [5.41, 5.74) is 0. The Kier molecular flexibility index (Phi) is 7.78. The maximum Gasteiger partial charge on any atom is 0.384 e. The first-order valence-corrected chi connectivity index (χ1v) is 13.6. The van der Waals surface area contributed by atoms with Crippen LogP contribution in [-0.4, -0.2) is 44.5 Å². The molecule has 0 amide bonds. The van der Waals surface area contributed by atoms with E-state index in [4.69, 9.17) is 18.6 Å². The summed E-state index contributed by atoms with van der Waals surface area (Å²) >= 11 is 0. The minimum Gasteiger partial charge on any atom is -0.453 e. The maximum atomic E-state index is 12.0. The first-order valence-electron chi connectivity index (χ1n) is 10.7. The number of rotatable bonds is 2. The van der Waals surface area contributed by atoms with Crippen molar-refractivity contribution in [1.29, 1.82) is 0 Å². The van der Waals surface area contributed by atoms with Gasteiger partial charge in [0.05, 0.1) is 12.2 Å². The second-order valence-corrected chi connectivity index (χ2v) is 14.9. The lowest BCUT2D eigenvalue weighted by atomic mass is 10.0. The Morgan fingerprint density at radius 3 is 2.55 bits per heavy atom. The zero-order chi connectivity index (χ0) is 21.9. The Balaban J connectivity index is 2.22. The predicted octanol–water partition coefficient (Wildman–Crippen LogP) is 4.96. The van der Waals surface area contributed by atoms with E-state index in [0.717, 1.165) is 12.8 Å². The number of esters is 1. The van der Waals surface area contributed by atoms with Gasteiger partial charge in [0.15, 0.2) is 14.1 Å². The average molecular weight is 423 g/mol. The zero-order valence-corrected chi connectivity index (χ0v) is 20.3. The highest BCUT2D eigenvalue weighted by Gasteiger charge is 2.42. The van der Waals surface area contributed by atoms with Gasteiger partial charge < -0.3 is 18.6 Å². The lowest BCUT2D eigenvalue weighted by Crippen LogP contribution is -2.44. The summed E-state index contributed by atoms with van der Waals surface area (Å²) in [5.74, 6) is 4.53. The molecule has 0 aliphatic carbocycles. The van der Waals surface area contributed by atoms with Crippen molar-refractivity contribution in [1.82, 2.24) is 0 Å². The van der Waals surface area contributed by atoms with Crippen LogP contribution in [0.25, 0.3) is 0 Å². The molecule has 2 rings (SSSR count). The van der Waals surface area contributed by atoms with Gasteiger partial charge in [-0.05, 0) is 51.7 Å². The summed E-state index contributed by atoms with van der Waals surface area (Å²) in [6.45, 7) is 16.9. The topological polar surface area (TPSA) is 54.0 Å². The van der Waals surface area contributed by atoms with Crippen molar-refractivity contribution in [3.63, 3.8) is 0 Å². The number of hydrogen-bond acceptors (Lipinski definition) is 5. The molecule has 5 nitrogen and oxygen atoms in total. The van der Waals surface area contributed by atoms with E-state index in [1.165, 1.54) is 0 Å². The van der Waals surface area contributed by atoms with Gasteiger partial charge in [-0.3, -0.25) is 0 Å². The van der Waals surface area contributed by atoms with E-state index in [1.807, 2.05) is 32.9 Å². The van der Waals surface area contributed by atoms with Crippen LogP contribution in [0.4, 0.5) is 0 Å². The van der Waals surface area contributed by atoms with Crippen LogP contribution in [0.2, 0.25) is 18.1 Å². The first-order chi connectivity index (χ1) is 13.3. The summed E-state index contributed by atoms with van der Waals surface area (Å²) in [4.78, 5) is 12.0. The molecule has 0 saturated carbocycles. The quantitative estimate of drug-likeness (QED) is 0.207. The lowest BCUT2D eigenvalue weighted by molar-refractivity contribution is -0.144. The molecular weight excluding hydrogens is 384 g/mol. The Labute approximate surface area is 177 Å². The molecule has 1 unspecified atom stereocenters. The number of carbonyl (C=O) groups is 1. The number of cyclic esters (lactones) is 1. The molecule has 2 aliphatic rings. The molecule has 1 fully saturated rings. The minimum absolute atomic E-state index is 0.0273. The number of ether oxygens (including phenoxy) is 3. The molecule has 6 heteroatoms. The molecule has 2 aliphatic heterocycles. The van der Waals surface area contributed by atoms with E-state index >= 15 is 0 Å². The van der Waals surface area contributed by atoms with Gasteiger partial charge in [0, 0.05) is 18.8 Å². The molecule has 1 saturated heterocycles. The second kappa shape index (κ2) is 9.34. The van der Waals surface area contributed by atoms with Gasteiger partial charge in [-0.25, -0.2) is 4.79 Å².